The Morgan fingerprint density at radius 1 is 1.15 bits per heavy atom. The maximum atomic E-state index is 14.4. The SMILES string of the molecule is COc1ccc(F)cc1C(Cn1c(=O)n(C(C)(C)C(=O)NC(C)C)c(=O)c2c(C)c(-n3nccn3)sc21)OC(C)C. The van der Waals surface area contributed by atoms with Crippen LogP contribution in [0.25, 0.3) is 15.2 Å². The summed E-state index contributed by atoms with van der Waals surface area (Å²) in [4.78, 5) is 43.3. The van der Waals surface area contributed by atoms with Crippen molar-refractivity contribution in [1.82, 2.24) is 29.4 Å². The highest BCUT2D eigenvalue weighted by Crippen LogP contribution is 2.34. The minimum atomic E-state index is -1.54. The summed E-state index contributed by atoms with van der Waals surface area (Å²) in [6.45, 7) is 12.0. The van der Waals surface area contributed by atoms with Gasteiger partial charge in [0.25, 0.3) is 5.56 Å². The number of nitrogens with one attached hydrogen (secondary N) is 1. The smallest absolute Gasteiger partial charge is 0.333 e. The number of aryl methyl sites for hydroxylation is 1. The van der Waals surface area contributed by atoms with E-state index in [0.717, 1.165) is 4.57 Å². The number of fused-ring (bicyclic) bond motifs is 1. The Kier molecular flexibility index (Phi) is 8.50. The van der Waals surface area contributed by atoms with Crippen LogP contribution in [0.1, 0.15) is 58.8 Å². The quantitative estimate of drug-likeness (QED) is 0.301. The topological polar surface area (TPSA) is 122 Å². The van der Waals surface area contributed by atoms with Crippen LogP contribution in [0.15, 0.2) is 40.2 Å². The number of nitrogens with zero attached hydrogens (tertiary/aromatic N) is 5. The minimum Gasteiger partial charge on any atom is -0.496 e. The number of amides is 1. The lowest BCUT2D eigenvalue weighted by atomic mass is 10.0. The van der Waals surface area contributed by atoms with Crippen molar-refractivity contribution in [2.75, 3.05) is 7.11 Å². The summed E-state index contributed by atoms with van der Waals surface area (Å²) in [5.74, 6) is -0.595. The molecule has 0 aliphatic carbocycles. The Balaban J connectivity index is 2.05. The van der Waals surface area contributed by atoms with Gasteiger partial charge in [-0.2, -0.15) is 10.2 Å². The Hall–Kier alpha value is -3.84. The van der Waals surface area contributed by atoms with Crippen molar-refractivity contribution in [3.8, 4) is 10.8 Å². The van der Waals surface area contributed by atoms with Gasteiger partial charge < -0.3 is 14.8 Å². The van der Waals surface area contributed by atoms with E-state index in [2.05, 4.69) is 15.5 Å². The second kappa shape index (κ2) is 11.6. The first-order valence-electron chi connectivity index (χ1n) is 13.2. The van der Waals surface area contributed by atoms with Crippen LogP contribution in [0.5, 0.6) is 5.75 Å². The van der Waals surface area contributed by atoms with Gasteiger partial charge >= 0.3 is 5.69 Å². The van der Waals surface area contributed by atoms with Crippen LogP contribution in [0.3, 0.4) is 0 Å². The number of methoxy groups -OCH3 is 1. The van der Waals surface area contributed by atoms with Gasteiger partial charge in [-0.1, -0.05) is 11.3 Å². The monoisotopic (exact) mass is 586 g/mol. The highest BCUT2D eigenvalue weighted by atomic mass is 32.1. The molecule has 13 heteroatoms. The number of ether oxygens (including phenoxy) is 2. The van der Waals surface area contributed by atoms with E-state index < -0.39 is 34.6 Å². The van der Waals surface area contributed by atoms with Gasteiger partial charge in [-0.15, -0.1) is 4.80 Å². The van der Waals surface area contributed by atoms with Crippen molar-refractivity contribution in [3.05, 3.63) is 68.4 Å². The molecule has 1 N–H and O–H groups in total. The minimum absolute atomic E-state index is 0.0958. The van der Waals surface area contributed by atoms with Crippen molar-refractivity contribution >= 4 is 27.5 Å². The van der Waals surface area contributed by atoms with Crippen molar-refractivity contribution in [2.24, 2.45) is 0 Å². The summed E-state index contributed by atoms with van der Waals surface area (Å²) < 4.78 is 28.5. The molecule has 1 unspecified atom stereocenters. The van der Waals surface area contributed by atoms with E-state index in [1.54, 1.807) is 20.8 Å². The Morgan fingerprint density at radius 2 is 1.80 bits per heavy atom. The molecule has 0 spiro atoms. The maximum Gasteiger partial charge on any atom is 0.333 e. The summed E-state index contributed by atoms with van der Waals surface area (Å²) in [6.07, 6.45) is 1.88. The third kappa shape index (κ3) is 5.68. The van der Waals surface area contributed by atoms with Crippen molar-refractivity contribution < 1.29 is 18.7 Å². The second-order valence-corrected chi connectivity index (χ2v) is 11.8. The van der Waals surface area contributed by atoms with Crippen LogP contribution < -0.4 is 21.3 Å². The molecule has 41 heavy (non-hydrogen) atoms. The fraction of sp³-hybridized carbons (Fsp3) is 0.464. The standard InChI is InChI=1S/C28H35FN6O5S/c1-15(2)32-26(37)28(6,7)34-23(36)22-17(5)24(35-30-11-12-31-35)41-25(22)33(27(34)38)14-21(40-16(3)4)19-13-18(29)9-10-20(19)39-8/h9-13,15-16,21H,14H2,1-8H3,(H,32,37). The zero-order chi connectivity index (χ0) is 30.2. The summed E-state index contributed by atoms with van der Waals surface area (Å²) in [6, 6.07) is 3.87. The lowest BCUT2D eigenvalue weighted by molar-refractivity contribution is -0.129. The Bertz CT molecular complexity index is 1690. The first-order chi connectivity index (χ1) is 19.3. The van der Waals surface area contributed by atoms with Crippen LogP contribution in [-0.2, 0) is 21.6 Å². The number of carbonyl (C=O) groups excluding carboxylic acids is 1. The van der Waals surface area contributed by atoms with E-state index in [9.17, 15) is 18.8 Å². The van der Waals surface area contributed by atoms with Gasteiger partial charge in [-0.25, -0.2) is 13.8 Å². The van der Waals surface area contributed by atoms with Crippen LogP contribution in [-0.4, -0.2) is 49.3 Å². The third-order valence-corrected chi connectivity index (χ3v) is 7.93. The number of carbonyl (C=O) groups is 1. The van der Waals surface area contributed by atoms with Crippen molar-refractivity contribution in [2.45, 2.75) is 78.8 Å². The van der Waals surface area contributed by atoms with Gasteiger partial charge in [0.05, 0.1) is 37.5 Å². The molecule has 0 aliphatic heterocycles. The lowest BCUT2D eigenvalue weighted by Gasteiger charge is -2.29. The van der Waals surface area contributed by atoms with Crippen LogP contribution in [0.2, 0.25) is 0 Å². The predicted octanol–water partition coefficient (Wildman–Crippen LogP) is 3.69. The average molecular weight is 587 g/mol. The van der Waals surface area contributed by atoms with Crippen molar-refractivity contribution in [3.63, 3.8) is 0 Å². The highest BCUT2D eigenvalue weighted by Gasteiger charge is 2.36. The molecule has 0 aliphatic rings. The van der Waals surface area contributed by atoms with E-state index in [1.807, 2.05) is 13.8 Å². The number of aromatic nitrogens is 5. The molecule has 3 heterocycles. The molecule has 1 atom stereocenters. The van der Waals surface area contributed by atoms with E-state index in [1.165, 1.54) is 72.3 Å². The second-order valence-electron chi connectivity index (χ2n) is 10.8. The highest BCUT2D eigenvalue weighted by molar-refractivity contribution is 7.21. The first kappa shape index (κ1) is 30.1. The normalized spacial score (nSPS) is 12.9. The number of halogens is 1. The fourth-order valence-corrected chi connectivity index (χ4v) is 5.93. The van der Waals surface area contributed by atoms with Crippen LogP contribution in [0.4, 0.5) is 4.39 Å². The number of benzene rings is 1. The summed E-state index contributed by atoms with van der Waals surface area (Å²) in [5, 5.41) is 12.0. The van der Waals surface area contributed by atoms with Crippen molar-refractivity contribution in [1.29, 1.82) is 0 Å². The van der Waals surface area contributed by atoms with E-state index in [4.69, 9.17) is 9.47 Å². The van der Waals surface area contributed by atoms with Crippen LogP contribution in [0, 0.1) is 12.7 Å². The number of thiophene rings is 1. The number of rotatable bonds is 10. The summed E-state index contributed by atoms with van der Waals surface area (Å²) >= 11 is 1.17. The molecule has 11 nitrogen and oxygen atoms in total. The number of hydrogen-bond donors (Lipinski definition) is 1. The molecule has 4 aromatic rings. The van der Waals surface area contributed by atoms with Gasteiger partial charge in [0.1, 0.15) is 33.0 Å². The molecule has 1 amide bonds. The molecule has 0 saturated heterocycles. The zero-order valence-electron chi connectivity index (χ0n) is 24.4. The molecule has 220 valence electrons. The van der Waals surface area contributed by atoms with E-state index in [0.29, 0.717) is 26.7 Å². The fourth-order valence-electron chi connectivity index (χ4n) is 4.71. The van der Waals surface area contributed by atoms with Gasteiger partial charge in [-0.3, -0.25) is 14.2 Å². The zero-order valence-corrected chi connectivity index (χ0v) is 25.2. The van der Waals surface area contributed by atoms with E-state index >= 15 is 0 Å². The lowest BCUT2D eigenvalue weighted by Crippen LogP contribution is -2.56. The maximum absolute atomic E-state index is 14.4. The molecule has 4 rings (SSSR count). The van der Waals surface area contributed by atoms with Crippen LogP contribution >= 0.6 is 11.3 Å². The first-order valence-corrected chi connectivity index (χ1v) is 14.1. The molecule has 0 saturated carbocycles. The van der Waals surface area contributed by atoms with E-state index in [-0.39, 0.29) is 24.1 Å². The predicted molar refractivity (Wildman–Crippen MR) is 155 cm³/mol. The largest absolute Gasteiger partial charge is 0.496 e. The van der Waals surface area contributed by atoms with Gasteiger partial charge in [0.2, 0.25) is 5.91 Å². The van der Waals surface area contributed by atoms with Gasteiger partial charge in [0.15, 0.2) is 0 Å². The molecule has 0 fully saturated rings. The molecule has 3 aromatic heterocycles. The molecular formula is C28H35FN6O5S. The summed E-state index contributed by atoms with van der Waals surface area (Å²) in [7, 11) is 1.47. The molecule has 1 aromatic carbocycles. The number of hydrogen-bond acceptors (Lipinski definition) is 8. The Morgan fingerprint density at radius 3 is 2.39 bits per heavy atom. The third-order valence-electron chi connectivity index (χ3n) is 6.65. The van der Waals surface area contributed by atoms with Gasteiger partial charge in [0, 0.05) is 17.2 Å². The van der Waals surface area contributed by atoms with Gasteiger partial charge in [-0.05, 0) is 66.7 Å². The molecule has 0 bridgehead atoms. The Labute approximate surface area is 240 Å². The molecule has 0 radical (unpaired) electrons. The molecular weight excluding hydrogens is 551 g/mol. The summed E-state index contributed by atoms with van der Waals surface area (Å²) in [5.41, 5.74) is -1.91. The average Bonchev–Trinajstić information content (AvgIpc) is 3.53.